The number of nitrogens with zero attached hydrogens (tertiary/aromatic N) is 2. The molecule has 3 saturated heterocycles. The second-order valence-electron chi connectivity index (χ2n) is 9.56. The van der Waals surface area contributed by atoms with Crippen LogP contribution in [-0.4, -0.2) is 70.7 Å². The third-order valence-corrected chi connectivity index (χ3v) is 8.36. The lowest BCUT2D eigenvalue weighted by molar-refractivity contribution is -0.151. The second-order valence-corrected chi connectivity index (χ2v) is 10.0. The van der Waals surface area contributed by atoms with Crippen LogP contribution in [0.4, 0.5) is 0 Å². The highest BCUT2D eigenvalue weighted by Crippen LogP contribution is 2.48. The van der Waals surface area contributed by atoms with E-state index >= 15 is 0 Å². The van der Waals surface area contributed by atoms with E-state index in [4.69, 9.17) is 21.5 Å². The molecule has 31 heavy (non-hydrogen) atoms. The van der Waals surface area contributed by atoms with E-state index in [1.165, 1.54) is 25.7 Å². The molecule has 0 radical (unpaired) electrons. The molecule has 0 unspecified atom stereocenters. The molecule has 0 aromatic heterocycles. The smallest absolute Gasteiger partial charge is 0.290 e. The van der Waals surface area contributed by atoms with Crippen LogP contribution in [0.25, 0.3) is 0 Å². The molecule has 170 valence electrons. The Balaban J connectivity index is 0.000000730. The quantitative estimate of drug-likeness (QED) is 0.694. The van der Waals surface area contributed by atoms with Crippen molar-refractivity contribution in [1.29, 1.82) is 0 Å². The number of rotatable bonds is 3. The molecule has 4 aliphatic rings. The summed E-state index contributed by atoms with van der Waals surface area (Å²) in [5, 5.41) is 17.7. The van der Waals surface area contributed by atoms with Crippen LogP contribution in [-0.2, 0) is 15.0 Å². The van der Waals surface area contributed by atoms with Gasteiger partial charge in [0, 0.05) is 30.2 Å². The molecule has 1 aromatic rings. The average Bonchev–Trinajstić information content (AvgIpc) is 2.75. The summed E-state index contributed by atoms with van der Waals surface area (Å²) in [6.45, 7) is 2.78. The van der Waals surface area contributed by atoms with Crippen LogP contribution in [0.3, 0.4) is 0 Å². The fourth-order valence-corrected chi connectivity index (χ4v) is 6.68. The fraction of sp³-hybridized carbons (Fsp3) is 0.667. The van der Waals surface area contributed by atoms with Crippen molar-refractivity contribution in [2.24, 2.45) is 11.8 Å². The van der Waals surface area contributed by atoms with Gasteiger partial charge in [0.2, 0.25) is 5.91 Å². The third kappa shape index (κ3) is 4.10. The van der Waals surface area contributed by atoms with Crippen LogP contribution in [0.2, 0.25) is 5.02 Å². The molecule has 1 amide bonds. The molecule has 6 nitrogen and oxygen atoms in total. The van der Waals surface area contributed by atoms with Gasteiger partial charge < -0.3 is 15.1 Å². The van der Waals surface area contributed by atoms with E-state index in [0.717, 1.165) is 49.5 Å². The Morgan fingerprint density at radius 2 is 1.81 bits per heavy atom. The fourth-order valence-electron chi connectivity index (χ4n) is 6.55. The lowest BCUT2D eigenvalue weighted by Gasteiger charge is -2.57. The molecule has 1 saturated carbocycles. The summed E-state index contributed by atoms with van der Waals surface area (Å²) in [5.41, 5.74) is 0.777. The van der Waals surface area contributed by atoms with Crippen LogP contribution in [0.5, 0.6) is 0 Å². The minimum absolute atomic E-state index is 0.220. The summed E-state index contributed by atoms with van der Waals surface area (Å²) in [6, 6.07) is 8.69. The van der Waals surface area contributed by atoms with E-state index in [1.54, 1.807) is 0 Å². The van der Waals surface area contributed by atoms with Gasteiger partial charge in [0.1, 0.15) is 0 Å². The molecule has 3 heterocycles. The van der Waals surface area contributed by atoms with Gasteiger partial charge in [-0.1, -0.05) is 36.6 Å². The number of benzene rings is 1. The molecule has 2 bridgehead atoms. The summed E-state index contributed by atoms with van der Waals surface area (Å²) < 4.78 is 0. The molecule has 2 N–H and O–H groups in total. The van der Waals surface area contributed by atoms with Crippen molar-refractivity contribution in [2.45, 2.75) is 62.4 Å². The molecule has 5 rings (SSSR count). The van der Waals surface area contributed by atoms with Crippen LogP contribution < -0.4 is 0 Å². The largest absolute Gasteiger partial charge is 0.483 e. The average molecular weight is 449 g/mol. The maximum Gasteiger partial charge on any atom is 0.290 e. The Hall–Kier alpha value is -1.63. The molecule has 1 aliphatic carbocycles. The first-order valence-corrected chi connectivity index (χ1v) is 11.9. The van der Waals surface area contributed by atoms with E-state index in [-0.39, 0.29) is 24.5 Å². The van der Waals surface area contributed by atoms with Gasteiger partial charge in [0.25, 0.3) is 6.47 Å². The highest BCUT2D eigenvalue weighted by Gasteiger charge is 2.52. The number of likely N-dealkylation sites (tertiary alicyclic amines) is 1. The first-order chi connectivity index (χ1) is 15.0. The van der Waals surface area contributed by atoms with E-state index in [2.05, 4.69) is 9.80 Å². The van der Waals surface area contributed by atoms with Gasteiger partial charge in [0.15, 0.2) is 0 Å². The predicted octanol–water partition coefficient (Wildman–Crippen LogP) is 3.16. The normalized spacial score (nSPS) is 31.5. The highest BCUT2D eigenvalue weighted by atomic mass is 35.5. The first kappa shape index (κ1) is 22.6. The summed E-state index contributed by atoms with van der Waals surface area (Å²) in [4.78, 5) is 26.9. The van der Waals surface area contributed by atoms with Crippen molar-refractivity contribution in [3.63, 3.8) is 0 Å². The lowest BCUT2D eigenvalue weighted by Crippen LogP contribution is -2.66. The van der Waals surface area contributed by atoms with Gasteiger partial charge in [-0.05, 0) is 68.2 Å². The molecular formula is C24H33ClN2O4. The van der Waals surface area contributed by atoms with Crippen molar-refractivity contribution in [3.05, 3.63) is 34.9 Å². The number of carboxylic acid groups (broad SMARTS) is 1. The van der Waals surface area contributed by atoms with Crippen LogP contribution in [0.15, 0.2) is 24.3 Å². The number of hydrogen-bond donors (Lipinski definition) is 2. The van der Waals surface area contributed by atoms with Gasteiger partial charge in [-0.3, -0.25) is 14.5 Å². The molecule has 4 atom stereocenters. The van der Waals surface area contributed by atoms with E-state index < -0.39 is 0 Å². The maximum absolute atomic E-state index is 13.8. The maximum atomic E-state index is 13.8. The number of hydrogen-bond acceptors (Lipinski definition) is 4. The standard InChI is InChI=1S/C23H31ClN2O2.CH2O2/c24-19-7-5-18(6-8-19)23(9-3-10-23)22(28)25-13-16-12-17(14-25)21(15-27)26-11-2-1-4-20(16)26;2-1-3/h5-8,16-17,20-21,27H,1-4,9-15H2;1H,(H,2,3)/t16-,17+,20+,21+;/m1./s1. The lowest BCUT2D eigenvalue weighted by atomic mass is 9.63. The van der Waals surface area contributed by atoms with E-state index in [9.17, 15) is 9.90 Å². The van der Waals surface area contributed by atoms with Gasteiger partial charge in [-0.25, -0.2) is 0 Å². The minimum atomic E-state index is -0.350. The zero-order valence-electron chi connectivity index (χ0n) is 18.0. The Morgan fingerprint density at radius 1 is 1.13 bits per heavy atom. The monoisotopic (exact) mass is 448 g/mol. The van der Waals surface area contributed by atoms with Gasteiger partial charge in [-0.15, -0.1) is 0 Å². The highest BCUT2D eigenvalue weighted by molar-refractivity contribution is 6.30. The summed E-state index contributed by atoms with van der Waals surface area (Å²) >= 11 is 6.09. The van der Waals surface area contributed by atoms with E-state index in [1.807, 2.05) is 24.3 Å². The minimum Gasteiger partial charge on any atom is -0.483 e. The van der Waals surface area contributed by atoms with Gasteiger partial charge in [0.05, 0.1) is 12.0 Å². The zero-order valence-corrected chi connectivity index (χ0v) is 18.7. The number of aliphatic hydroxyl groups is 1. The Morgan fingerprint density at radius 3 is 2.42 bits per heavy atom. The van der Waals surface area contributed by atoms with Crippen LogP contribution in [0.1, 0.15) is 50.5 Å². The molecule has 0 spiro atoms. The number of fused-ring (bicyclic) bond motifs is 4. The Bertz CT molecular complexity index is 768. The summed E-state index contributed by atoms with van der Waals surface area (Å²) in [5.74, 6) is 1.29. The van der Waals surface area contributed by atoms with Crippen LogP contribution >= 0.6 is 11.6 Å². The molecule has 1 aromatic carbocycles. The zero-order chi connectivity index (χ0) is 22.0. The predicted molar refractivity (Wildman–Crippen MR) is 119 cm³/mol. The van der Waals surface area contributed by atoms with Crippen molar-refractivity contribution in [2.75, 3.05) is 26.2 Å². The molecule has 4 fully saturated rings. The van der Waals surface area contributed by atoms with Crippen molar-refractivity contribution < 1.29 is 19.8 Å². The molecule has 3 aliphatic heterocycles. The van der Waals surface area contributed by atoms with Gasteiger partial charge in [-0.2, -0.15) is 0 Å². The van der Waals surface area contributed by atoms with Crippen molar-refractivity contribution in [3.8, 4) is 0 Å². The van der Waals surface area contributed by atoms with Crippen molar-refractivity contribution >= 4 is 24.0 Å². The third-order valence-electron chi connectivity index (χ3n) is 8.11. The Kier molecular flexibility index (Phi) is 6.89. The SMILES string of the molecule is O=C(N1C[C@H]2C[C@@H](C1)[C@H](CO)N1CCCC[C@@H]21)C1(c2ccc(Cl)cc2)CCC1.O=CO. The summed E-state index contributed by atoms with van der Waals surface area (Å²) in [6.07, 6.45) is 7.92. The number of carbonyl (C=O) groups excluding carboxylic acids is 1. The van der Waals surface area contributed by atoms with Gasteiger partial charge >= 0.3 is 0 Å². The second kappa shape index (κ2) is 9.47. The number of halogens is 1. The summed E-state index contributed by atoms with van der Waals surface area (Å²) in [7, 11) is 0. The Labute approximate surface area is 189 Å². The van der Waals surface area contributed by atoms with Crippen molar-refractivity contribution in [1.82, 2.24) is 9.80 Å². The van der Waals surface area contributed by atoms with E-state index in [0.29, 0.717) is 23.8 Å². The first-order valence-electron chi connectivity index (χ1n) is 11.5. The van der Waals surface area contributed by atoms with Crippen LogP contribution in [0, 0.1) is 11.8 Å². The number of carbonyl (C=O) groups is 2. The molecular weight excluding hydrogens is 416 g/mol. The number of piperidine rings is 3. The number of aliphatic hydroxyl groups excluding tert-OH is 1. The topological polar surface area (TPSA) is 81.1 Å². The molecule has 7 heteroatoms. The number of amides is 1.